The molecule has 4 heteroatoms. The normalized spacial score (nSPS) is 15.1. The summed E-state index contributed by atoms with van der Waals surface area (Å²) >= 11 is 0. The Morgan fingerprint density at radius 1 is 1.08 bits per heavy atom. The molecule has 0 saturated carbocycles. The molecule has 2 amide bonds. The van der Waals surface area contributed by atoms with E-state index in [1.54, 1.807) is 0 Å². The highest BCUT2D eigenvalue weighted by Gasteiger charge is 2.34. The molecular formula is C21H21N3O. The summed E-state index contributed by atoms with van der Waals surface area (Å²) in [7, 11) is 0. The number of amides is 2. The number of benzene rings is 2. The largest absolute Gasteiger partial charge is 0.323 e. The number of hydrogen-bond acceptors (Lipinski definition) is 2. The summed E-state index contributed by atoms with van der Waals surface area (Å²) in [6.45, 7) is 6.05. The smallest absolute Gasteiger partial charge is 0.308 e. The van der Waals surface area contributed by atoms with E-state index in [0.717, 1.165) is 23.1 Å². The first-order valence-corrected chi connectivity index (χ1v) is 8.28. The Morgan fingerprint density at radius 2 is 1.76 bits per heavy atom. The van der Waals surface area contributed by atoms with E-state index in [2.05, 4.69) is 16.7 Å². The molecule has 4 nitrogen and oxygen atoms in total. The molecule has 0 saturated heterocycles. The topological polar surface area (TPSA) is 64.9 Å². The van der Waals surface area contributed by atoms with E-state index >= 15 is 0 Å². The summed E-state index contributed by atoms with van der Waals surface area (Å²) < 4.78 is 0. The predicted octanol–water partition coefficient (Wildman–Crippen LogP) is 4.63. The molecule has 0 aromatic heterocycles. The number of carbonyl (C=O) groups is 1. The second-order valence-corrected chi connectivity index (χ2v) is 7.02. The Balaban J connectivity index is 1.92. The van der Waals surface area contributed by atoms with Crippen LogP contribution in [0.15, 0.2) is 54.1 Å². The van der Waals surface area contributed by atoms with E-state index in [1.165, 1.54) is 0 Å². The molecule has 0 unspecified atom stereocenters. The molecule has 2 aromatic rings. The maximum absolute atomic E-state index is 12.5. The molecule has 3 rings (SSSR count). The second kappa shape index (κ2) is 6.45. The van der Waals surface area contributed by atoms with Crippen LogP contribution in [0, 0.1) is 23.7 Å². The van der Waals surface area contributed by atoms with Crippen molar-refractivity contribution in [1.29, 1.82) is 5.26 Å². The lowest BCUT2D eigenvalue weighted by Crippen LogP contribution is -2.34. The summed E-state index contributed by atoms with van der Waals surface area (Å²) in [5, 5.41) is 15.4. The lowest BCUT2D eigenvalue weighted by molar-refractivity contribution is 0.255. The quantitative estimate of drug-likeness (QED) is 0.842. The van der Waals surface area contributed by atoms with Gasteiger partial charge in [-0.15, -0.1) is 0 Å². The zero-order chi connectivity index (χ0) is 18.0. The maximum Gasteiger partial charge on any atom is 0.323 e. The molecule has 2 aromatic carbocycles. The molecule has 0 aliphatic heterocycles. The molecule has 2 N–H and O–H groups in total. The third kappa shape index (κ3) is 3.41. The van der Waals surface area contributed by atoms with Crippen LogP contribution in [0.4, 0.5) is 10.5 Å². The Labute approximate surface area is 148 Å². The molecule has 0 heterocycles. The fourth-order valence-corrected chi connectivity index (χ4v) is 3.21. The molecule has 0 fully saturated rings. The first-order chi connectivity index (χ1) is 11.9. The third-order valence-corrected chi connectivity index (χ3v) is 4.51. The molecule has 0 atom stereocenters. The van der Waals surface area contributed by atoms with E-state index in [4.69, 9.17) is 0 Å². The lowest BCUT2D eigenvalue weighted by Gasteiger charge is -2.33. The number of fused-ring (bicyclic) bond motifs is 1. The van der Waals surface area contributed by atoms with Gasteiger partial charge in [0.25, 0.3) is 0 Å². The van der Waals surface area contributed by atoms with Crippen LogP contribution in [-0.2, 0) is 6.42 Å². The Hall–Kier alpha value is -3.06. The number of aryl methyl sites for hydroxylation is 1. The zero-order valence-electron chi connectivity index (χ0n) is 14.7. The van der Waals surface area contributed by atoms with Crippen LogP contribution in [0.25, 0.3) is 5.70 Å². The first-order valence-electron chi connectivity index (χ1n) is 8.28. The predicted molar refractivity (Wildman–Crippen MR) is 99.8 cm³/mol. The Bertz CT molecular complexity index is 886. The van der Waals surface area contributed by atoms with Crippen LogP contribution < -0.4 is 10.6 Å². The highest BCUT2D eigenvalue weighted by atomic mass is 16.2. The van der Waals surface area contributed by atoms with Crippen molar-refractivity contribution in [2.75, 3.05) is 5.32 Å². The molecule has 0 radical (unpaired) electrons. The van der Waals surface area contributed by atoms with Crippen molar-refractivity contribution < 1.29 is 4.79 Å². The van der Waals surface area contributed by atoms with Crippen molar-refractivity contribution in [1.82, 2.24) is 5.32 Å². The standard InChI is InChI=1S/C21H21N3O/c1-14-8-10-16(11-9-14)23-20(25)24-19-17-7-5-4-6-15(17)12-21(2,3)18(19)13-22/h4-11H,12H2,1-3H3,(H2,23,24,25). The van der Waals surface area contributed by atoms with Crippen LogP contribution in [0.3, 0.4) is 0 Å². The van der Waals surface area contributed by atoms with Gasteiger partial charge in [-0.25, -0.2) is 4.79 Å². The fourth-order valence-electron chi connectivity index (χ4n) is 3.21. The zero-order valence-corrected chi connectivity index (χ0v) is 14.7. The number of nitrogens with zero attached hydrogens (tertiary/aromatic N) is 1. The summed E-state index contributed by atoms with van der Waals surface area (Å²) in [5.41, 5.74) is 4.77. The second-order valence-electron chi connectivity index (χ2n) is 7.02. The van der Waals surface area contributed by atoms with Gasteiger partial charge in [-0.3, -0.25) is 0 Å². The monoisotopic (exact) mass is 331 g/mol. The van der Waals surface area contributed by atoms with E-state index < -0.39 is 0 Å². The number of nitriles is 1. The Kier molecular flexibility index (Phi) is 4.33. The van der Waals surface area contributed by atoms with Crippen molar-refractivity contribution in [3.63, 3.8) is 0 Å². The minimum absolute atomic E-state index is 0.324. The summed E-state index contributed by atoms with van der Waals surface area (Å²) in [5.74, 6) is 0. The number of hydrogen-bond donors (Lipinski definition) is 2. The number of urea groups is 1. The van der Waals surface area contributed by atoms with Crippen LogP contribution >= 0.6 is 0 Å². The molecule has 25 heavy (non-hydrogen) atoms. The average Bonchev–Trinajstić information content (AvgIpc) is 2.56. The van der Waals surface area contributed by atoms with E-state index in [0.29, 0.717) is 17.0 Å². The minimum atomic E-state index is -0.348. The number of nitrogens with one attached hydrogen (secondary N) is 2. The summed E-state index contributed by atoms with van der Waals surface area (Å²) in [6, 6.07) is 17.4. The molecule has 0 spiro atoms. The van der Waals surface area contributed by atoms with E-state index in [-0.39, 0.29) is 11.4 Å². The molecule has 126 valence electrons. The van der Waals surface area contributed by atoms with Crippen molar-refractivity contribution in [2.24, 2.45) is 5.41 Å². The number of rotatable bonds is 2. The minimum Gasteiger partial charge on any atom is -0.308 e. The molecule has 1 aliphatic carbocycles. The maximum atomic E-state index is 12.5. The van der Waals surface area contributed by atoms with Gasteiger partial charge in [0.15, 0.2) is 0 Å². The van der Waals surface area contributed by atoms with Gasteiger partial charge < -0.3 is 10.6 Å². The van der Waals surface area contributed by atoms with E-state index in [1.807, 2.05) is 69.3 Å². The first kappa shape index (κ1) is 16.8. The lowest BCUT2D eigenvalue weighted by atomic mass is 9.72. The summed E-state index contributed by atoms with van der Waals surface area (Å²) in [4.78, 5) is 12.5. The van der Waals surface area contributed by atoms with Crippen molar-refractivity contribution in [3.05, 3.63) is 70.8 Å². The van der Waals surface area contributed by atoms with Crippen molar-refractivity contribution in [3.8, 4) is 6.07 Å². The summed E-state index contributed by atoms with van der Waals surface area (Å²) in [6.07, 6.45) is 0.775. The van der Waals surface area contributed by atoms with Gasteiger partial charge in [0, 0.05) is 16.7 Å². The van der Waals surface area contributed by atoms with Gasteiger partial charge in [0.05, 0.1) is 17.3 Å². The highest BCUT2D eigenvalue weighted by molar-refractivity contribution is 5.97. The van der Waals surface area contributed by atoms with Crippen molar-refractivity contribution in [2.45, 2.75) is 27.2 Å². The number of carbonyl (C=O) groups excluding carboxylic acids is 1. The van der Waals surface area contributed by atoms with Gasteiger partial charge in [0.2, 0.25) is 0 Å². The van der Waals surface area contributed by atoms with Gasteiger partial charge in [0.1, 0.15) is 0 Å². The number of allylic oxidation sites excluding steroid dienone is 1. The molecular weight excluding hydrogens is 310 g/mol. The van der Waals surface area contributed by atoms with Crippen LogP contribution in [-0.4, -0.2) is 6.03 Å². The van der Waals surface area contributed by atoms with E-state index in [9.17, 15) is 10.1 Å². The SMILES string of the molecule is Cc1ccc(NC(=O)NC2=C(C#N)C(C)(C)Cc3ccccc32)cc1. The molecule has 0 bridgehead atoms. The van der Waals surface area contributed by atoms with Gasteiger partial charge in [-0.2, -0.15) is 5.26 Å². The Morgan fingerprint density at radius 3 is 2.44 bits per heavy atom. The van der Waals surface area contributed by atoms with Crippen LogP contribution in [0.2, 0.25) is 0 Å². The third-order valence-electron chi connectivity index (χ3n) is 4.51. The van der Waals surface area contributed by atoms with Crippen LogP contribution in [0.5, 0.6) is 0 Å². The number of anilines is 1. The van der Waals surface area contributed by atoms with Gasteiger partial charge >= 0.3 is 6.03 Å². The van der Waals surface area contributed by atoms with Crippen molar-refractivity contribution >= 4 is 17.4 Å². The molecule has 1 aliphatic rings. The highest BCUT2D eigenvalue weighted by Crippen LogP contribution is 2.41. The average molecular weight is 331 g/mol. The van der Waals surface area contributed by atoms with Gasteiger partial charge in [-0.1, -0.05) is 55.8 Å². The van der Waals surface area contributed by atoms with Crippen LogP contribution in [0.1, 0.15) is 30.5 Å². The fraction of sp³-hybridized carbons (Fsp3) is 0.238. The van der Waals surface area contributed by atoms with Gasteiger partial charge in [-0.05, 0) is 31.0 Å².